The molecule has 2 aromatic rings. The number of hydrogen-bond acceptors (Lipinski definition) is 2. The van der Waals surface area contributed by atoms with Crippen molar-refractivity contribution in [2.24, 2.45) is 0 Å². The van der Waals surface area contributed by atoms with Gasteiger partial charge in [0.15, 0.2) is 0 Å². The highest BCUT2D eigenvalue weighted by Crippen LogP contribution is 2.14. The molecule has 2 N–H and O–H groups in total. The van der Waals surface area contributed by atoms with Crippen molar-refractivity contribution in [3.63, 3.8) is 0 Å². The van der Waals surface area contributed by atoms with Gasteiger partial charge in [0, 0.05) is 12.2 Å². The maximum atomic E-state index is 12.2. The van der Waals surface area contributed by atoms with Gasteiger partial charge in [-0.25, -0.2) is 4.79 Å². The van der Waals surface area contributed by atoms with Crippen molar-refractivity contribution >= 4 is 11.7 Å². The van der Waals surface area contributed by atoms with E-state index in [0.717, 1.165) is 17.8 Å². The van der Waals surface area contributed by atoms with Crippen LogP contribution in [0.4, 0.5) is 10.5 Å². The highest BCUT2D eigenvalue weighted by Gasteiger charge is 2.15. The summed E-state index contributed by atoms with van der Waals surface area (Å²) in [5.41, 5.74) is 3.05. The standard InChI is InChI=1S/C18H23N3O/c1-14-9-11-16(12-10-14)19-18(22)20-17(13-21(2)3)15-7-5-4-6-8-15/h4-12,17H,13H2,1-3H3,(H2,19,20,22). The van der Waals surface area contributed by atoms with Gasteiger partial charge in [0.25, 0.3) is 0 Å². The zero-order valence-corrected chi connectivity index (χ0v) is 13.3. The van der Waals surface area contributed by atoms with Crippen LogP contribution in [-0.4, -0.2) is 31.6 Å². The van der Waals surface area contributed by atoms with Gasteiger partial charge >= 0.3 is 6.03 Å². The molecule has 0 aromatic heterocycles. The lowest BCUT2D eigenvalue weighted by molar-refractivity contribution is 0.244. The number of aryl methyl sites for hydroxylation is 1. The van der Waals surface area contributed by atoms with Gasteiger partial charge in [0.2, 0.25) is 0 Å². The number of carbonyl (C=O) groups excluding carboxylic acids is 1. The second-order valence-electron chi connectivity index (χ2n) is 5.69. The summed E-state index contributed by atoms with van der Waals surface area (Å²) < 4.78 is 0. The van der Waals surface area contributed by atoms with Crippen LogP contribution in [0.1, 0.15) is 17.2 Å². The molecule has 0 fully saturated rings. The molecule has 1 unspecified atom stereocenters. The number of likely N-dealkylation sites (N-methyl/N-ethyl adjacent to an activating group) is 1. The van der Waals surface area contributed by atoms with Crippen LogP contribution in [0.15, 0.2) is 54.6 Å². The predicted molar refractivity (Wildman–Crippen MR) is 91.1 cm³/mol. The second kappa shape index (κ2) is 7.61. The smallest absolute Gasteiger partial charge is 0.319 e. The second-order valence-corrected chi connectivity index (χ2v) is 5.69. The van der Waals surface area contributed by atoms with Crippen molar-refractivity contribution in [3.8, 4) is 0 Å². The van der Waals surface area contributed by atoms with Crippen LogP contribution in [0.5, 0.6) is 0 Å². The molecular weight excluding hydrogens is 274 g/mol. The Bertz CT molecular complexity index is 593. The molecule has 0 saturated heterocycles. The molecule has 1 atom stereocenters. The summed E-state index contributed by atoms with van der Waals surface area (Å²) in [6, 6.07) is 17.5. The Hall–Kier alpha value is -2.33. The number of benzene rings is 2. The van der Waals surface area contributed by atoms with Gasteiger partial charge in [-0.15, -0.1) is 0 Å². The molecule has 2 rings (SSSR count). The van der Waals surface area contributed by atoms with Crippen LogP contribution in [-0.2, 0) is 0 Å². The molecule has 0 aliphatic heterocycles. The molecule has 4 heteroatoms. The van der Waals surface area contributed by atoms with Crippen LogP contribution in [0.25, 0.3) is 0 Å². The first-order valence-electron chi connectivity index (χ1n) is 7.38. The first-order chi connectivity index (χ1) is 10.5. The summed E-state index contributed by atoms with van der Waals surface area (Å²) in [6.45, 7) is 2.76. The van der Waals surface area contributed by atoms with Gasteiger partial charge in [0.05, 0.1) is 6.04 Å². The van der Waals surface area contributed by atoms with Gasteiger partial charge in [-0.3, -0.25) is 0 Å². The highest BCUT2D eigenvalue weighted by atomic mass is 16.2. The van der Waals surface area contributed by atoms with Crippen molar-refractivity contribution in [2.75, 3.05) is 26.0 Å². The average Bonchev–Trinajstić information content (AvgIpc) is 2.49. The fourth-order valence-corrected chi connectivity index (χ4v) is 2.25. The Balaban J connectivity index is 2.03. The number of nitrogens with one attached hydrogen (secondary N) is 2. The number of hydrogen-bond donors (Lipinski definition) is 2. The number of carbonyl (C=O) groups is 1. The first kappa shape index (κ1) is 16.0. The minimum absolute atomic E-state index is 0.0540. The van der Waals surface area contributed by atoms with Gasteiger partial charge in [-0.1, -0.05) is 48.0 Å². The van der Waals surface area contributed by atoms with E-state index in [1.54, 1.807) is 0 Å². The van der Waals surface area contributed by atoms with E-state index in [1.807, 2.05) is 75.6 Å². The van der Waals surface area contributed by atoms with Crippen LogP contribution in [0.3, 0.4) is 0 Å². The number of urea groups is 1. The third-order valence-corrected chi connectivity index (χ3v) is 3.36. The monoisotopic (exact) mass is 297 g/mol. The Morgan fingerprint density at radius 1 is 1.05 bits per heavy atom. The van der Waals surface area contributed by atoms with E-state index in [2.05, 4.69) is 15.5 Å². The maximum absolute atomic E-state index is 12.2. The topological polar surface area (TPSA) is 44.4 Å². The molecular formula is C18H23N3O. The third kappa shape index (κ3) is 4.90. The molecule has 2 amide bonds. The Labute approximate surface area is 132 Å². The van der Waals surface area contributed by atoms with Crippen LogP contribution < -0.4 is 10.6 Å². The Kier molecular flexibility index (Phi) is 5.55. The Morgan fingerprint density at radius 3 is 2.27 bits per heavy atom. The molecule has 4 nitrogen and oxygen atoms in total. The number of amides is 2. The lowest BCUT2D eigenvalue weighted by atomic mass is 10.1. The molecule has 0 radical (unpaired) electrons. The summed E-state index contributed by atoms with van der Waals surface area (Å²) in [5.74, 6) is 0. The van der Waals surface area contributed by atoms with E-state index in [0.29, 0.717) is 0 Å². The molecule has 116 valence electrons. The summed E-state index contributed by atoms with van der Waals surface area (Å²) >= 11 is 0. The van der Waals surface area contributed by atoms with Crippen LogP contribution >= 0.6 is 0 Å². The zero-order valence-electron chi connectivity index (χ0n) is 13.3. The molecule has 0 bridgehead atoms. The third-order valence-electron chi connectivity index (χ3n) is 3.36. The summed E-state index contributed by atoms with van der Waals surface area (Å²) in [7, 11) is 3.99. The van der Waals surface area contributed by atoms with Gasteiger partial charge in [-0.05, 0) is 38.7 Å². The van der Waals surface area contributed by atoms with E-state index < -0.39 is 0 Å². The summed E-state index contributed by atoms with van der Waals surface area (Å²) in [6.07, 6.45) is 0. The lowest BCUT2D eigenvalue weighted by Gasteiger charge is -2.23. The number of rotatable bonds is 5. The van der Waals surface area contributed by atoms with Gasteiger partial charge in [-0.2, -0.15) is 0 Å². The normalized spacial score (nSPS) is 12.0. The van der Waals surface area contributed by atoms with Gasteiger partial charge in [0.1, 0.15) is 0 Å². The average molecular weight is 297 g/mol. The maximum Gasteiger partial charge on any atom is 0.319 e. The van der Waals surface area contributed by atoms with E-state index in [1.165, 1.54) is 5.56 Å². The van der Waals surface area contributed by atoms with Crippen molar-refractivity contribution in [3.05, 3.63) is 65.7 Å². The van der Waals surface area contributed by atoms with E-state index >= 15 is 0 Å². The van der Waals surface area contributed by atoms with Crippen molar-refractivity contribution in [1.82, 2.24) is 10.2 Å². The van der Waals surface area contributed by atoms with E-state index in [9.17, 15) is 4.79 Å². The fourth-order valence-electron chi connectivity index (χ4n) is 2.25. The zero-order chi connectivity index (χ0) is 15.9. The largest absolute Gasteiger partial charge is 0.330 e. The summed E-state index contributed by atoms with van der Waals surface area (Å²) in [4.78, 5) is 14.3. The molecule has 0 aliphatic carbocycles. The molecule has 0 spiro atoms. The molecule has 0 saturated carbocycles. The molecule has 0 heterocycles. The van der Waals surface area contributed by atoms with Crippen LogP contribution in [0.2, 0.25) is 0 Å². The molecule has 2 aromatic carbocycles. The number of anilines is 1. The predicted octanol–water partition coefficient (Wildman–Crippen LogP) is 3.42. The highest BCUT2D eigenvalue weighted by molar-refractivity contribution is 5.89. The molecule has 22 heavy (non-hydrogen) atoms. The van der Waals surface area contributed by atoms with E-state index in [-0.39, 0.29) is 12.1 Å². The summed E-state index contributed by atoms with van der Waals surface area (Å²) in [5, 5.41) is 5.91. The first-order valence-corrected chi connectivity index (χ1v) is 7.38. The van der Waals surface area contributed by atoms with Crippen molar-refractivity contribution < 1.29 is 4.79 Å². The van der Waals surface area contributed by atoms with Crippen molar-refractivity contribution in [2.45, 2.75) is 13.0 Å². The fraction of sp³-hybridized carbons (Fsp3) is 0.278. The SMILES string of the molecule is Cc1ccc(NC(=O)NC(CN(C)C)c2ccccc2)cc1. The minimum atomic E-state index is -0.195. The lowest BCUT2D eigenvalue weighted by Crippen LogP contribution is -2.37. The van der Waals surface area contributed by atoms with Gasteiger partial charge < -0.3 is 15.5 Å². The Morgan fingerprint density at radius 2 is 1.68 bits per heavy atom. The van der Waals surface area contributed by atoms with Crippen molar-refractivity contribution in [1.29, 1.82) is 0 Å². The minimum Gasteiger partial charge on any atom is -0.330 e. The van der Waals surface area contributed by atoms with Crippen LogP contribution in [0, 0.1) is 6.92 Å². The molecule has 0 aliphatic rings. The van der Waals surface area contributed by atoms with E-state index in [4.69, 9.17) is 0 Å². The quantitative estimate of drug-likeness (QED) is 0.888. The number of nitrogens with zero attached hydrogens (tertiary/aromatic N) is 1.